The van der Waals surface area contributed by atoms with Crippen LogP contribution in [0.1, 0.15) is 42.4 Å². The maximum absolute atomic E-state index is 12.4. The summed E-state index contributed by atoms with van der Waals surface area (Å²) in [5.41, 5.74) is 8.09. The normalized spacial score (nSPS) is 12.1. The van der Waals surface area contributed by atoms with Crippen molar-refractivity contribution >= 4 is 27.5 Å². The van der Waals surface area contributed by atoms with Crippen molar-refractivity contribution in [3.63, 3.8) is 0 Å². The van der Waals surface area contributed by atoms with E-state index in [9.17, 15) is 4.79 Å². The lowest BCUT2D eigenvalue weighted by molar-refractivity contribution is 0.0930. The van der Waals surface area contributed by atoms with Gasteiger partial charge in [-0.05, 0) is 37.1 Å². The summed E-state index contributed by atoms with van der Waals surface area (Å²) in [6, 6.07) is 9.59. The van der Waals surface area contributed by atoms with Crippen LogP contribution in [0.4, 0.5) is 5.69 Å². The quantitative estimate of drug-likeness (QED) is 0.863. The lowest BCUT2D eigenvalue weighted by Crippen LogP contribution is -2.28. The standard InChI is InChI=1S/C16H20BrN3O/c1-3-8-20-10-14(18)9-15(20)16(21)19-11(2)12-4-6-13(17)7-5-12/h4-7,9-11H,3,8,18H2,1-2H3,(H,19,21). The van der Waals surface area contributed by atoms with E-state index in [4.69, 9.17) is 5.73 Å². The first-order chi connectivity index (χ1) is 10.0. The van der Waals surface area contributed by atoms with E-state index < -0.39 is 0 Å². The fourth-order valence-electron chi connectivity index (χ4n) is 2.25. The highest BCUT2D eigenvalue weighted by Gasteiger charge is 2.15. The number of halogens is 1. The molecule has 21 heavy (non-hydrogen) atoms. The highest BCUT2D eigenvalue weighted by molar-refractivity contribution is 9.10. The molecule has 1 aromatic carbocycles. The molecule has 0 aliphatic heterocycles. The van der Waals surface area contributed by atoms with Gasteiger partial charge in [0.2, 0.25) is 0 Å². The molecule has 112 valence electrons. The Kier molecular flexibility index (Phi) is 5.07. The summed E-state index contributed by atoms with van der Waals surface area (Å²) in [7, 11) is 0. The van der Waals surface area contributed by atoms with Gasteiger partial charge >= 0.3 is 0 Å². The maximum Gasteiger partial charge on any atom is 0.268 e. The van der Waals surface area contributed by atoms with E-state index in [1.807, 2.05) is 42.0 Å². The van der Waals surface area contributed by atoms with E-state index in [1.54, 1.807) is 6.07 Å². The average molecular weight is 350 g/mol. The van der Waals surface area contributed by atoms with Crippen molar-refractivity contribution in [3.8, 4) is 0 Å². The van der Waals surface area contributed by atoms with Crippen LogP contribution in [0.2, 0.25) is 0 Å². The largest absolute Gasteiger partial charge is 0.397 e. The van der Waals surface area contributed by atoms with Gasteiger partial charge in [0.15, 0.2) is 0 Å². The molecule has 0 saturated heterocycles. The molecule has 3 N–H and O–H groups in total. The number of carbonyl (C=O) groups excluding carboxylic acids is 1. The molecule has 0 spiro atoms. The molecular formula is C16H20BrN3O. The van der Waals surface area contributed by atoms with Gasteiger partial charge in [-0.15, -0.1) is 0 Å². The minimum atomic E-state index is -0.101. The third-order valence-electron chi connectivity index (χ3n) is 3.33. The van der Waals surface area contributed by atoms with Crippen LogP contribution in [0.25, 0.3) is 0 Å². The molecule has 2 rings (SSSR count). The van der Waals surface area contributed by atoms with Crippen LogP contribution in [0.15, 0.2) is 41.0 Å². The van der Waals surface area contributed by atoms with Gasteiger partial charge in [0.05, 0.1) is 11.7 Å². The number of nitrogens with one attached hydrogen (secondary N) is 1. The second-order valence-electron chi connectivity index (χ2n) is 5.10. The molecule has 1 amide bonds. The highest BCUT2D eigenvalue weighted by atomic mass is 79.9. The lowest BCUT2D eigenvalue weighted by atomic mass is 10.1. The molecular weight excluding hydrogens is 330 g/mol. The minimum absolute atomic E-state index is 0.0585. The van der Waals surface area contributed by atoms with Crippen LogP contribution in [-0.2, 0) is 6.54 Å². The first-order valence-corrected chi connectivity index (χ1v) is 7.82. The Morgan fingerprint density at radius 2 is 2.05 bits per heavy atom. The SMILES string of the molecule is CCCn1cc(N)cc1C(=O)NC(C)c1ccc(Br)cc1. The van der Waals surface area contributed by atoms with E-state index in [1.165, 1.54) is 0 Å². The first-order valence-electron chi connectivity index (χ1n) is 7.03. The number of amides is 1. The van der Waals surface area contributed by atoms with Crippen LogP contribution in [-0.4, -0.2) is 10.5 Å². The Labute approximate surface area is 133 Å². The Morgan fingerprint density at radius 1 is 1.38 bits per heavy atom. The van der Waals surface area contributed by atoms with Gasteiger partial charge in [0.1, 0.15) is 5.69 Å². The topological polar surface area (TPSA) is 60.0 Å². The zero-order valence-electron chi connectivity index (χ0n) is 12.3. The van der Waals surface area contributed by atoms with Gasteiger partial charge in [0.25, 0.3) is 5.91 Å². The summed E-state index contributed by atoms with van der Waals surface area (Å²) < 4.78 is 2.92. The van der Waals surface area contributed by atoms with E-state index in [0.717, 1.165) is 23.0 Å². The fourth-order valence-corrected chi connectivity index (χ4v) is 2.52. The molecule has 0 fully saturated rings. The zero-order valence-corrected chi connectivity index (χ0v) is 13.9. The van der Waals surface area contributed by atoms with E-state index in [-0.39, 0.29) is 11.9 Å². The Balaban J connectivity index is 2.12. The molecule has 1 atom stereocenters. The number of hydrogen-bond donors (Lipinski definition) is 2. The third-order valence-corrected chi connectivity index (χ3v) is 3.86. The van der Waals surface area contributed by atoms with E-state index in [0.29, 0.717) is 11.4 Å². The molecule has 0 aliphatic rings. The van der Waals surface area contributed by atoms with Gasteiger partial charge in [-0.1, -0.05) is 35.0 Å². The maximum atomic E-state index is 12.4. The lowest BCUT2D eigenvalue weighted by Gasteiger charge is -2.15. The van der Waals surface area contributed by atoms with Gasteiger partial charge < -0.3 is 15.6 Å². The number of aryl methyl sites for hydroxylation is 1. The molecule has 1 unspecified atom stereocenters. The smallest absolute Gasteiger partial charge is 0.268 e. The van der Waals surface area contributed by atoms with Crippen LogP contribution < -0.4 is 11.1 Å². The number of nitrogen functional groups attached to an aromatic ring is 1. The summed E-state index contributed by atoms with van der Waals surface area (Å²) in [5, 5.41) is 3.01. The van der Waals surface area contributed by atoms with Gasteiger partial charge in [0, 0.05) is 17.2 Å². The van der Waals surface area contributed by atoms with Gasteiger partial charge in [-0.2, -0.15) is 0 Å². The number of anilines is 1. The molecule has 0 aliphatic carbocycles. The Morgan fingerprint density at radius 3 is 2.67 bits per heavy atom. The summed E-state index contributed by atoms with van der Waals surface area (Å²) in [4.78, 5) is 12.4. The molecule has 0 radical (unpaired) electrons. The average Bonchev–Trinajstić information content (AvgIpc) is 2.81. The number of benzene rings is 1. The second-order valence-corrected chi connectivity index (χ2v) is 6.01. The molecule has 1 heterocycles. The molecule has 1 aromatic heterocycles. The number of rotatable bonds is 5. The summed E-state index contributed by atoms with van der Waals surface area (Å²) in [5.74, 6) is -0.101. The van der Waals surface area contributed by atoms with Crippen molar-refractivity contribution in [2.75, 3.05) is 5.73 Å². The molecule has 4 nitrogen and oxygen atoms in total. The van der Waals surface area contributed by atoms with Gasteiger partial charge in [-0.3, -0.25) is 4.79 Å². The van der Waals surface area contributed by atoms with Gasteiger partial charge in [-0.25, -0.2) is 0 Å². The third kappa shape index (κ3) is 3.88. The van der Waals surface area contributed by atoms with Crippen LogP contribution in [0, 0.1) is 0 Å². The number of hydrogen-bond acceptors (Lipinski definition) is 2. The molecule has 0 bridgehead atoms. The van der Waals surface area contributed by atoms with Crippen LogP contribution >= 0.6 is 15.9 Å². The number of nitrogens with zero attached hydrogens (tertiary/aromatic N) is 1. The van der Waals surface area contributed by atoms with Crippen molar-refractivity contribution in [1.29, 1.82) is 0 Å². The molecule has 0 saturated carbocycles. The van der Waals surface area contributed by atoms with Crippen molar-refractivity contribution in [1.82, 2.24) is 9.88 Å². The molecule has 5 heteroatoms. The number of aromatic nitrogens is 1. The van der Waals surface area contributed by atoms with Crippen LogP contribution in [0.5, 0.6) is 0 Å². The fraction of sp³-hybridized carbons (Fsp3) is 0.312. The zero-order chi connectivity index (χ0) is 15.4. The monoisotopic (exact) mass is 349 g/mol. The number of carbonyl (C=O) groups is 1. The van der Waals surface area contributed by atoms with Crippen molar-refractivity contribution in [3.05, 3.63) is 52.3 Å². The minimum Gasteiger partial charge on any atom is -0.397 e. The highest BCUT2D eigenvalue weighted by Crippen LogP contribution is 2.18. The van der Waals surface area contributed by atoms with E-state index in [2.05, 4.69) is 28.2 Å². The number of nitrogens with two attached hydrogens (primary N) is 1. The van der Waals surface area contributed by atoms with Crippen LogP contribution in [0.3, 0.4) is 0 Å². The summed E-state index contributed by atoms with van der Waals surface area (Å²) >= 11 is 3.41. The summed E-state index contributed by atoms with van der Waals surface area (Å²) in [6.07, 6.45) is 2.76. The van der Waals surface area contributed by atoms with Crippen molar-refractivity contribution < 1.29 is 4.79 Å². The first kappa shape index (κ1) is 15.6. The van der Waals surface area contributed by atoms with Crippen molar-refractivity contribution in [2.24, 2.45) is 0 Å². The summed E-state index contributed by atoms with van der Waals surface area (Å²) in [6.45, 7) is 4.83. The van der Waals surface area contributed by atoms with E-state index >= 15 is 0 Å². The predicted octanol–water partition coefficient (Wildman–Crippen LogP) is 3.73. The Bertz CT molecular complexity index is 619. The van der Waals surface area contributed by atoms with Crippen molar-refractivity contribution in [2.45, 2.75) is 32.9 Å². The second kappa shape index (κ2) is 6.80. The predicted molar refractivity (Wildman–Crippen MR) is 89.2 cm³/mol. The Hall–Kier alpha value is -1.75. The molecule has 2 aromatic rings.